The number of rotatable bonds is 18. The number of carbonyl (C=O) groups is 1. The molecule has 0 unspecified atom stereocenters. The molecule has 0 saturated heterocycles. The van der Waals surface area contributed by atoms with Gasteiger partial charge in [-0.25, -0.2) is 9.78 Å². The summed E-state index contributed by atoms with van der Waals surface area (Å²) >= 11 is 1.25. The van der Waals surface area contributed by atoms with E-state index in [0.717, 1.165) is 56.8 Å². The van der Waals surface area contributed by atoms with Crippen LogP contribution in [-0.2, 0) is 27.0 Å². The summed E-state index contributed by atoms with van der Waals surface area (Å²) in [6.07, 6.45) is 9.68. The Bertz CT molecular complexity index is 1500. The van der Waals surface area contributed by atoms with Gasteiger partial charge in [0.2, 0.25) is 0 Å². The Morgan fingerprint density at radius 3 is 2.36 bits per heavy atom. The van der Waals surface area contributed by atoms with Crippen LogP contribution in [0.4, 0.5) is 18.9 Å². The Labute approximate surface area is 259 Å². The van der Waals surface area contributed by atoms with Crippen LogP contribution >= 0.6 is 11.8 Å². The van der Waals surface area contributed by atoms with Crippen LogP contribution in [0.15, 0.2) is 71.8 Å². The zero-order valence-electron chi connectivity index (χ0n) is 24.2. The fourth-order valence-electron chi connectivity index (χ4n) is 4.12. The van der Waals surface area contributed by atoms with Crippen LogP contribution in [0.2, 0.25) is 0 Å². The van der Waals surface area contributed by atoms with E-state index in [-0.39, 0.29) is 11.4 Å². The zero-order chi connectivity index (χ0) is 32.0. The third kappa shape index (κ3) is 11.8. The predicted molar refractivity (Wildman–Crippen MR) is 165 cm³/mol. The molecule has 1 heterocycles. The van der Waals surface area contributed by atoms with Crippen molar-refractivity contribution in [3.8, 4) is 11.5 Å². The van der Waals surface area contributed by atoms with Gasteiger partial charge in [0.25, 0.3) is 0 Å². The Hall–Kier alpha value is -3.71. The van der Waals surface area contributed by atoms with Crippen molar-refractivity contribution in [1.29, 1.82) is 0 Å². The van der Waals surface area contributed by atoms with Crippen molar-refractivity contribution in [2.75, 3.05) is 18.4 Å². The fraction of sp³-hybridized carbons (Fsp3) is 0.355. The molecule has 44 heavy (non-hydrogen) atoms. The molecule has 0 fully saturated rings. The molecular formula is C31H35F3N2O6S2. The predicted octanol–water partition coefficient (Wildman–Crippen LogP) is 7.70. The Kier molecular flexibility index (Phi) is 13.4. The molecule has 0 aliphatic rings. The number of anilines is 1. The maximum absolute atomic E-state index is 12.7. The molecular weight excluding hydrogens is 617 g/mol. The lowest BCUT2D eigenvalue weighted by Crippen LogP contribution is -2.29. The standard InChI is InChI=1S/C31H35F3N2O6S2/c1-41-26-14-12-23(13-15-26)9-6-4-2-3-5-7-20-42-28-17-18-29(35-27(28)16-19-30(37)38)43-22-24-10-8-11-25(21-24)36-44(39,40)31(32,33)34/h8,10-19,21,36H,2-7,9,20,22H2,1H3,(H,37,38). The van der Waals surface area contributed by atoms with Crippen LogP contribution in [0.3, 0.4) is 0 Å². The molecule has 0 bridgehead atoms. The first-order valence-electron chi connectivity index (χ1n) is 14.0. The Balaban J connectivity index is 1.46. The van der Waals surface area contributed by atoms with Crippen molar-refractivity contribution < 1.29 is 41.0 Å². The second-order valence-corrected chi connectivity index (χ2v) is 12.5. The molecule has 13 heteroatoms. The summed E-state index contributed by atoms with van der Waals surface area (Å²) in [5.41, 5.74) is -3.44. The van der Waals surface area contributed by atoms with Gasteiger partial charge in [0.15, 0.2) is 0 Å². The van der Waals surface area contributed by atoms with Crippen molar-refractivity contribution in [3.63, 3.8) is 0 Å². The van der Waals surface area contributed by atoms with Crippen molar-refractivity contribution in [2.45, 2.75) is 61.2 Å². The van der Waals surface area contributed by atoms with Gasteiger partial charge in [-0.15, -0.1) is 11.8 Å². The van der Waals surface area contributed by atoms with Gasteiger partial charge < -0.3 is 14.6 Å². The van der Waals surface area contributed by atoms with Crippen LogP contribution < -0.4 is 14.2 Å². The van der Waals surface area contributed by atoms with E-state index in [0.29, 0.717) is 28.6 Å². The molecule has 0 saturated carbocycles. The number of halogens is 3. The van der Waals surface area contributed by atoms with Gasteiger partial charge in [0.05, 0.1) is 18.7 Å². The Morgan fingerprint density at radius 2 is 1.68 bits per heavy atom. The second-order valence-electron chi connectivity index (χ2n) is 9.81. The lowest BCUT2D eigenvalue weighted by molar-refractivity contribution is -0.131. The van der Waals surface area contributed by atoms with Crippen molar-refractivity contribution in [2.24, 2.45) is 0 Å². The highest BCUT2D eigenvalue weighted by molar-refractivity contribution is 7.98. The van der Waals surface area contributed by atoms with E-state index in [9.17, 15) is 26.4 Å². The first kappa shape index (κ1) is 34.8. The molecule has 0 aliphatic heterocycles. The van der Waals surface area contributed by atoms with Crippen LogP contribution in [0.1, 0.15) is 55.3 Å². The number of aliphatic carboxylic acids is 1. The van der Waals surface area contributed by atoms with Gasteiger partial charge in [-0.1, -0.05) is 49.9 Å². The summed E-state index contributed by atoms with van der Waals surface area (Å²) in [5, 5.41) is 9.61. The number of hydrogen-bond donors (Lipinski definition) is 2. The van der Waals surface area contributed by atoms with Gasteiger partial charge in [0.1, 0.15) is 17.2 Å². The summed E-state index contributed by atoms with van der Waals surface area (Å²) in [5.74, 6) is 0.435. The lowest BCUT2D eigenvalue weighted by atomic mass is 10.0. The van der Waals surface area contributed by atoms with Gasteiger partial charge in [-0.2, -0.15) is 21.6 Å². The van der Waals surface area contributed by atoms with Crippen molar-refractivity contribution in [1.82, 2.24) is 4.98 Å². The maximum Gasteiger partial charge on any atom is 0.516 e. The minimum Gasteiger partial charge on any atom is -0.497 e. The summed E-state index contributed by atoms with van der Waals surface area (Å²) in [4.78, 5) is 15.6. The molecule has 2 N–H and O–H groups in total. The Morgan fingerprint density at radius 1 is 0.977 bits per heavy atom. The van der Waals surface area contributed by atoms with Crippen LogP contribution in [0.25, 0.3) is 6.08 Å². The molecule has 0 amide bonds. The van der Waals surface area contributed by atoms with E-state index in [1.165, 1.54) is 46.3 Å². The molecule has 8 nitrogen and oxygen atoms in total. The number of ether oxygens (including phenoxy) is 2. The number of carboxylic acids is 1. The van der Waals surface area contributed by atoms with E-state index in [4.69, 9.17) is 14.6 Å². The van der Waals surface area contributed by atoms with Crippen molar-refractivity contribution in [3.05, 3.63) is 83.6 Å². The van der Waals surface area contributed by atoms with E-state index in [2.05, 4.69) is 17.1 Å². The number of carboxylic acid groups (broad SMARTS) is 1. The molecule has 0 spiro atoms. The number of hydrogen-bond acceptors (Lipinski definition) is 7. The SMILES string of the molecule is COc1ccc(CCCCCCCCOc2ccc(SCc3cccc(NS(=O)(=O)C(F)(F)F)c3)nc2C=CC(=O)O)cc1. The second kappa shape index (κ2) is 17.0. The molecule has 3 aromatic rings. The molecule has 238 valence electrons. The minimum atomic E-state index is -5.53. The highest BCUT2D eigenvalue weighted by Gasteiger charge is 2.46. The average molecular weight is 653 g/mol. The summed E-state index contributed by atoms with van der Waals surface area (Å²) in [6.45, 7) is 0.453. The quantitative estimate of drug-likeness (QED) is 0.0816. The monoisotopic (exact) mass is 652 g/mol. The zero-order valence-corrected chi connectivity index (χ0v) is 25.8. The number of unbranched alkanes of at least 4 members (excludes halogenated alkanes) is 5. The molecule has 3 rings (SSSR count). The van der Waals surface area contributed by atoms with Gasteiger partial charge in [-0.3, -0.25) is 4.72 Å². The number of benzene rings is 2. The number of nitrogens with one attached hydrogen (secondary N) is 1. The summed E-state index contributed by atoms with van der Waals surface area (Å²) in [7, 11) is -3.87. The van der Waals surface area contributed by atoms with Crippen LogP contribution in [-0.4, -0.2) is 43.7 Å². The normalized spacial score (nSPS) is 11.9. The van der Waals surface area contributed by atoms with E-state index >= 15 is 0 Å². The number of sulfonamides is 1. The summed E-state index contributed by atoms with van der Waals surface area (Å²) in [6, 6.07) is 17.2. The van der Waals surface area contributed by atoms with Gasteiger partial charge in [-0.05, 0) is 72.9 Å². The number of thioether (sulfide) groups is 1. The fourth-order valence-corrected chi connectivity index (χ4v) is 5.50. The van der Waals surface area contributed by atoms with Crippen LogP contribution in [0, 0.1) is 0 Å². The highest BCUT2D eigenvalue weighted by atomic mass is 32.2. The van der Waals surface area contributed by atoms with E-state index in [1.54, 1.807) is 25.3 Å². The molecule has 1 aromatic heterocycles. The lowest BCUT2D eigenvalue weighted by Gasteiger charge is -2.12. The molecule has 0 atom stereocenters. The van der Waals surface area contributed by atoms with Crippen molar-refractivity contribution >= 4 is 39.5 Å². The molecule has 0 aliphatic carbocycles. The topological polar surface area (TPSA) is 115 Å². The number of aromatic nitrogens is 1. The number of nitrogens with zero attached hydrogens (tertiary/aromatic N) is 1. The smallest absolute Gasteiger partial charge is 0.497 e. The first-order chi connectivity index (χ1) is 21.0. The van der Waals surface area contributed by atoms with Crippen LogP contribution in [0.5, 0.6) is 11.5 Å². The summed E-state index contributed by atoms with van der Waals surface area (Å²) < 4.78 is 73.5. The number of methoxy groups -OCH3 is 1. The maximum atomic E-state index is 12.7. The first-order valence-corrected chi connectivity index (χ1v) is 16.4. The minimum absolute atomic E-state index is 0.212. The number of alkyl halides is 3. The highest BCUT2D eigenvalue weighted by Crippen LogP contribution is 2.29. The van der Waals surface area contributed by atoms with Gasteiger partial charge >= 0.3 is 21.5 Å². The van der Waals surface area contributed by atoms with E-state index < -0.39 is 21.5 Å². The average Bonchev–Trinajstić information content (AvgIpc) is 2.98. The molecule has 0 radical (unpaired) electrons. The largest absolute Gasteiger partial charge is 0.516 e. The van der Waals surface area contributed by atoms with E-state index in [1.807, 2.05) is 12.1 Å². The third-order valence-electron chi connectivity index (χ3n) is 6.39. The number of aryl methyl sites for hydroxylation is 1. The third-order valence-corrected chi connectivity index (χ3v) is 8.51. The number of pyridine rings is 1. The van der Waals surface area contributed by atoms with Gasteiger partial charge in [0, 0.05) is 17.5 Å². The molecule has 2 aromatic carbocycles.